The van der Waals surface area contributed by atoms with E-state index in [1.807, 2.05) is 37.4 Å². The minimum atomic E-state index is -0.262. The molecule has 0 bridgehead atoms. The molecule has 6 heteroatoms. The number of aryl methyl sites for hydroxylation is 1. The van der Waals surface area contributed by atoms with Crippen LogP contribution >= 0.6 is 11.6 Å². The van der Waals surface area contributed by atoms with Crippen molar-refractivity contribution in [2.75, 3.05) is 5.32 Å². The van der Waals surface area contributed by atoms with Crippen LogP contribution < -0.4 is 10.6 Å². The van der Waals surface area contributed by atoms with E-state index in [1.54, 1.807) is 12.4 Å². The van der Waals surface area contributed by atoms with Crippen LogP contribution in [0.2, 0.25) is 5.02 Å². The number of aliphatic imine (C=N–C) groups is 2. The lowest BCUT2D eigenvalue weighted by Crippen LogP contribution is -2.28. The number of carbonyl (C=O) groups excluding carboxylic acids is 1. The zero-order valence-electron chi connectivity index (χ0n) is 13.9. The molecule has 0 aromatic heterocycles. The smallest absolute Gasteiger partial charge is 0.319 e. The van der Waals surface area contributed by atoms with Crippen LogP contribution in [0, 0.1) is 6.92 Å². The molecule has 3 rings (SSSR count). The number of carbonyl (C=O) groups is 1. The summed E-state index contributed by atoms with van der Waals surface area (Å²) < 4.78 is 0. The van der Waals surface area contributed by atoms with Gasteiger partial charge in [0.2, 0.25) is 0 Å². The van der Waals surface area contributed by atoms with E-state index in [9.17, 15) is 4.79 Å². The Kier molecular flexibility index (Phi) is 5.46. The number of nitrogens with one attached hydrogen (secondary N) is 2. The van der Waals surface area contributed by atoms with Gasteiger partial charge in [-0.1, -0.05) is 35.9 Å². The van der Waals surface area contributed by atoms with Gasteiger partial charge in [0.1, 0.15) is 6.34 Å². The molecule has 5 nitrogen and oxygen atoms in total. The van der Waals surface area contributed by atoms with E-state index in [2.05, 4.69) is 32.8 Å². The predicted molar refractivity (Wildman–Crippen MR) is 103 cm³/mol. The second kappa shape index (κ2) is 7.94. The quantitative estimate of drug-likeness (QED) is 0.837. The summed E-state index contributed by atoms with van der Waals surface area (Å²) in [4.78, 5) is 20.2. The Morgan fingerprint density at radius 1 is 1.16 bits per heavy atom. The number of amides is 2. The van der Waals surface area contributed by atoms with E-state index in [0.29, 0.717) is 17.3 Å². The average molecular weight is 355 g/mol. The lowest BCUT2D eigenvalue weighted by molar-refractivity contribution is 0.251. The standard InChI is InChI=1S/C19H19ClN4O/c1-13-6-16(20)9-17(7-13)24-19(25)22-10-15-4-2-14(3-5-15)8-18-11-21-12-23-18/h2-7,9,11-12,18H,8,10H2,1H3,(H2,22,24,25). The molecule has 25 heavy (non-hydrogen) atoms. The molecule has 2 aromatic carbocycles. The van der Waals surface area contributed by atoms with Gasteiger partial charge < -0.3 is 10.6 Å². The summed E-state index contributed by atoms with van der Waals surface area (Å²) in [5, 5.41) is 6.23. The molecule has 0 radical (unpaired) electrons. The summed E-state index contributed by atoms with van der Waals surface area (Å²) in [5.41, 5.74) is 3.90. The molecule has 2 aromatic rings. The van der Waals surface area contributed by atoms with Gasteiger partial charge in [0.05, 0.1) is 6.04 Å². The third kappa shape index (κ3) is 5.16. The van der Waals surface area contributed by atoms with Crippen molar-refractivity contribution in [2.24, 2.45) is 9.98 Å². The minimum absolute atomic E-state index is 0.135. The Bertz CT molecular complexity index is 782. The monoisotopic (exact) mass is 354 g/mol. The largest absolute Gasteiger partial charge is 0.334 e. The third-order valence-corrected chi connectivity index (χ3v) is 4.02. The summed E-state index contributed by atoms with van der Waals surface area (Å²) in [6.07, 6.45) is 4.27. The molecular weight excluding hydrogens is 336 g/mol. The Morgan fingerprint density at radius 2 is 1.92 bits per heavy atom. The first-order chi connectivity index (χ1) is 12.1. The third-order valence-electron chi connectivity index (χ3n) is 3.80. The van der Waals surface area contributed by atoms with Gasteiger partial charge in [0.15, 0.2) is 0 Å². The van der Waals surface area contributed by atoms with Crippen molar-refractivity contribution in [3.8, 4) is 0 Å². The van der Waals surface area contributed by atoms with E-state index < -0.39 is 0 Å². The van der Waals surface area contributed by atoms with Crippen molar-refractivity contribution in [3.63, 3.8) is 0 Å². The van der Waals surface area contributed by atoms with Crippen molar-refractivity contribution in [1.29, 1.82) is 0 Å². The first-order valence-corrected chi connectivity index (χ1v) is 8.41. The molecular formula is C19H19ClN4O. The van der Waals surface area contributed by atoms with Crippen molar-refractivity contribution in [2.45, 2.75) is 25.9 Å². The molecule has 1 heterocycles. The lowest BCUT2D eigenvalue weighted by atomic mass is 10.1. The highest BCUT2D eigenvalue weighted by Gasteiger charge is 2.08. The Labute approximate surface area is 151 Å². The number of urea groups is 1. The van der Waals surface area contributed by atoms with Crippen molar-refractivity contribution in [1.82, 2.24) is 5.32 Å². The second-order valence-corrected chi connectivity index (χ2v) is 6.41. The maximum atomic E-state index is 12.0. The van der Waals surface area contributed by atoms with Gasteiger partial charge in [0, 0.05) is 23.5 Å². The highest BCUT2D eigenvalue weighted by atomic mass is 35.5. The number of hydrogen-bond acceptors (Lipinski definition) is 3. The molecule has 0 saturated carbocycles. The number of hydrogen-bond donors (Lipinski definition) is 2. The predicted octanol–water partition coefficient (Wildman–Crippen LogP) is 3.99. The van der Waals surface area contributed by atoms with Gasteiger partial charge in [-0.05, 0) is 48.2 Å². The Morgan fingerprint density at radius 3 is 2.60 bits per heavy atom. The molecule has 0 fully saturated rings. The fraction of sp³-hybridized carbons (Fsp3) is 0.211. The number of rotatable bonds is 5. The van der Waals surface area contributed by atoms with E-state index >= 15 is 0 Å². The zero-order valence-corrected chi connectivity index (χ0v) is 14.6. The lowest BCUT2D eigenvalue weighted by Gasteiger charge is -2.10. The van der Waals surface area contributed by atoms with Gasteiger partial charge in [0.25, 0.3) is 0 Å². The summed E-state index contributed by atoms with van der Waals surface area (Å²) >= 11 is 5.99. The van der Waals surface area contributed by atoms with Crippen LogP contribution in [0.4, 0.5) is 10.5 Å². The topological polar surface area (TPSA) is 65.8 Å². The molecule has 128 valence electrons. The van der Waals surface area contributed by atoms with Crippen LogP contribution in [0.5, 0.6) is 0 Å². The number of anilines is 1. The van der Waals surface area contributed by atoms with Crippen LogP contribution in [-0.4, -0.2) is 24.6 Å². The summed E-state index contributed by atoms with van der Waals surface area (Å²) in [5.74, 6) is 0. The van der Waals surface area contributed by atoms with Crippen LogP contribution in [-0.2, 0) is 13.0 Å². The Balaban J connectivity index is 1.49. The maximum absolute atomic E-state index is 12.0. The molecule has 0 spiro atoms. The fourth-order valence-corrected chi connectivity index (χ4v) is 2.90. The summed E-state index contributed by atoms with van der Waals surface area (Å²) in [7, 11) is 0. The minimum Gasteiger partial charge on any atom is -0.334 e. The number of halogens is 1. The Hall–Kier alpha value is -2.66. The SMILES string of the molecule is Cc1cc(Cl)cc(NC(=O)NCc2ccc(CC3C=NC=N3)cc2)c1. The molecule has 1 atom stereocenters. The van der Waals surface area contributed by atoms with Gasteiger partial charge in [-0.2, -0.15) is 0 Å². The van der Waals surface area contributed by atoms with Gasteiger partial charge in [-0.15, -0.1) is 0 Å². The second-order valence-electron chi connectivity index (χ2n) is 5.98. The number of benzene rings is 2. The summed E-state index contributed by atoms with van der Waals surface area (Å²) in [6.45, 7) is 2.38. The van der Waals surface area contributed by atoms with Gasteiger partial charge >= 0.3 is 6.03 Å². The van der Waals surface area contributed by atoms with Crippen molar-refractivity contribution >= 4 is 35.9 Å². The average Bonchev–Trinajstić information content (AvgIpc) is 3.06. The van der Waals surface area contributed by atoms with E-state index in [0.717, 1.165) is 17.5 Å². The highest BCUT2D eigenvalue weighted by molar-refractivity contribution is 6.31. The first-order valence-electron chi connectivity index (χ1n) is 8.03. The van der Waals surface area contributed by atoms with Crippen LogP contribution in [0.1, 0.15) is 16.7 Å². The molecule has 1 aliphatic heterocycles. The van der Waals surface area contributed by atoms with Gasteiger partial charge in [-0.25, -0.2) is 9.79 Å². The van der Waals surface area contributed by atoms with Crippen LogP contribution in [0.25, 0.3) is 0 Å². The molecule has 0 aliphatic carbocycles. The molecule has 1 aliphatic rings. The van der Waals surface area contributed by atoms with Gasteiger partial charge in [-0.3, -0.25) is 4.99 Å². The van der Waals surface area contributed by atoms with Crippen LogP contribution in [0.15, 0.2) is 52.4 Å². The van der Waals surface area contributed by atoms with Crippen molar-refractivity contribution in [3.05, 3.63) is 64.2 Å². The van der Waals surface area contributed by atoms with E-state index in [1.165, 1.54) is 5.56 Å². The fourth-order valence-electron chi connectivity index (χ4n) is 2.61. The van der Waals surface area contributed by atoms with Crippen molar-refractivity contribution < 1.29 is 4.79 Å². The van der Waals surface area contributed by atoms with Crippen LogP contribution in [0.3, 0.4) is 0 Å². The molecule has 1 unspecified atom stereocenters. The zero-order chi connectivity index (χ0) is 17.6. The maximum Gasteiger partial charge on any atom is 0.319 e. The molecule has 2 N–H and O–H groups in total. The molecule has 2 amide bonds. The first kappa shape index (κ1) is 17.2. The van der Waals surface area contributed by atoms with E-state index in [4.69, 9.17) is 11.6 Å². The molecule has 0 saturated heterocycles. The normalized spacial score (nSPS) is 15.4. The van der Waals surface area contributed by atoms with E-state index in [-0.39, 0.29) is 12.1 Å². The highest BCUT2D eigenvalue weighted by Crippen LogP contribution is 2.18. The summed E-state index contributed by atoms with van der Waals surface area (Å²) in [6, 6.07) is 13.4. The number of nitrogens with zero attached hydrogens (tertiary/aromatic N) is 2.